The SMILES string of the molecule is Cc1ccc(C)c(C(=O)N2CCN(Cc3nc4sc5c(c4c(=O)[nH]3)CCCC5)CC2)c1. The van der Waals surface area contributed by atoms with Gasteiger partial charge in [0.15, 0.2) is 0 Å². The van der Waals surface area contributed by atoms with E-state index in [0.717, 1.165) is 65.1 Å². The Kier molecular flexibility index (Phi) is 5.40. The summed E-state index contributed by atoms with van der Waals surface area (Å²) in [5.41, 5.74) is 4.15. The summed E-state index contributed by atoms with van der Waals surface area (Å²) in [6, 6.07) is 6.03. The lowest BCUT2D eigenvalue weighted by Gasteiger charge is -2.34. The van der Waals surface area contributed by atoms with E-state index >= 15 is 0 Å². The molecule has 7 heteroatoms. The fraction of sp³-hybridized carbons (Fsp3) is 0.458. The van der Waals surface area contributed by atoms with Crippen molar-refractivity contribution in [3.05, 3.63) is 61.5 Å². The van der Waals surface area contributed by atoms with Gasteiger partial charge < -0.3 is 9.88 Å². The lowest BCUT2D eigenvalue weighted by molar-refractivity contribution is 0.0624. The number of hydrogen-bond donors (Lipinski definition) is 1. The summed E-state index contributed by atoms with van der Waals surface area (Å²) >= 11 is 1.69. The van der Waals surface area contributed by atoms with Gasteiger partial charge in [-0.05, 0) is 56.7 Å². The van der Waals surface area contributed by atoms with Crippen molar-refractivity contribution in [3.8, 4) is 0 Å². The molecule has 5 rings (SSSR count). The van der Waals surface area contributed by atoms with Crippen LogP contribution in [0.25, 0.3) is 10.2 Å². The molecule has 1 fully saturated rings. The maximum atomic E-state index is 13.0. The van der Waals surface area contributed by atoms with Gasteiger partial charge in [-0.1, -0.05) is 17.7 Å². The summed E-state index contributed by atoms with van der Waals surface area (Å²) < 4.78 is 0. The van der Waals surface area contributed by atoms with Gasteiger partial charge in [-0.25, -0.2) is 4.98 Å². The molecule has 162 valence electrons. The van der Waals surface area contributed by atoms with E-state index in [0.29, 0.717) is 19.6 Å². The Balaban J connectivity index is 1.27. The predicted molar refractivity (Wildman–Crippen MR) is 124 cm³/mol. The third-order valence-electron chi connectivity index (χ3n) is 6.53. The number of amides is 1. The summed E-state index contributed by atoms with van der Waals surface area (Å²) in [6.07, 6.45) is 4.43. The second kappa shape index (κ2) is 8.20. The molecular formula is C24H28N4O2S. The molecule has 3 aromatic rings. The monoisotopic (exact) mass is 436 g/mol. The van der Waals surface area contributed by atoms with Gasteiger partial charge in [0.2, 0.25) is 0 Å². The fourth-order valence-corrected chi connectivity index (χ4v) is 6.02. The van der Waals surface area contributed by atoms with Crippen LogP contribution in [0.4, 0.5) is 0 Å². The van der Waals surface area contributed by atoms with E-state index in [2.05, 4.69) is 9.88 Å². The summed E-state index contributed by atoms with van der Waals surface area (Å²) in [5, 5.41) is 0.812. The third kappa shape index (κ3) is 3.92. The van der Waals surface area contributed by atoms with Gasteiger partial charge in [-0.3, -0.25) is 14.5 Å². The van der Waals surface area contributed by atoms with Crippen molar-refractivity contribution in [2.75, 3.05) is 26.2 Å². The maximum Gasteiger partial charge on any atom is 0.259 e. The van der Waals surface area contributed by atoms with E-state index < -0.39 is 0 Å². The van der Waals surface area contributed by atoms with Gasteiger partial charge in [-0.15, -0.1) is 11.3 Å². The topological polar surface area (TPSA) is 69.3 Å². The predicted octanol–water partition coefficient (Wildman–Crippen LogP) is 3.44. The number of nitrogens with one attached hydrogen (secondary N) is 1. The van der Waals surface area contributed by atoms with E-state index in [-0.39, 0.29) is 11.5 Å². The quantitative estimate of drug-likeness (QED) is 0.683. The van der Waals surface area contributed by atoms with Gasteiger partial charge in [-0.2, -0.15) is 0 Å². The van der Waals surface area contributed by atoms with Crippen LogP contribution in [-0.4, -0.2) is 51.9 Å². The number of benzene rings is 1. The Morgan fingerprint density at radius 3 is 2.71 bits per heavy atom. The molecule has 1 saturated heterocycles. The number of hydrogen-bond acceptors (Lipinski definition) is 5. The highest BCUT2D eigenvalue weighted by atomic mass is 32.1. The van der Waals surface area contributed by atoms with Crippen molar-refractivity contribution in [2.45, 2.75) is 46.1 Å². The fourth-order valence-electron chi connectivity index (χ4n) is 4.74. The number of nitrogens with zero attached hydrogens (tertiary/aromatic N) is 3. The Hall–Kier alpha value is -2.51. The molecule has 2 aliphatic rings. The first-order valence-electron chi connectivity index (χ1n) is 11.1. The molecule has 2 aromatic heterocycles. The summed E-state index contributed by atoms with van der Waals surface area (Å²) in [6.45, 7) is 7.54. The van der Waals surface area contributed by atoms with Crippen molar-refractivity contribution < 1.29 is 4.79 Å². The Morgan fingerprint density at radius 2 is 1.90 bits per heavy atom. The van der Waals surface area contributed by atoms with Crippen molar-refractivity contribution in [3.63, 3.8) is 0 Å². The number of piperazine rings is 1. The number of aromatic nitrogens is 2. The molecule has 1 N–H and O–H groups in total. The maximum absolute atomic E-state index is 13.0. The second-order valence-electron chi connectivity index (χ2n) is 8.79. The molecule has 31 heavy (non-hydrogen) atoms. The number of carbonyl (C=O) groups excluding carboxylic acids is 1. The van der Waals surface area contributed by atoms with Crippen molar-refractivity contribution in [1.82, 2.24) is 19.8 Å². The van der Waals surface area contributed by atoms with Crippen molar-refractivity contribution in [1.29, 1.82) is 0 Å². The third-order valence-corrected chi connectivity index (χ3v) is 7.72. The van der Waals surface area contributed by atoms with Crippen molar-refractivity contribution in [2.24, 2.45) is 0 Å². The van der Waals surface area contributed by atoms with Gasteiger partial charge >= 0.3 is 0 Å². The molecule has 0 saturated carbocycles. The molecule has 1 aromatic carbocycles. The molecular weight excluding hydrogens is 408 g/mol. The van der Waals surface area contributed by atoms with Crippen LogP contribution in [0.1, 0.15) is 50.6 Å². The largest absolute Gasteiger partial charge is 0.336 e. The average molecular weight is 437 g/mol. The van der Waals surface area contributed by atoms with Crippen LogP contribution in [0.15, 0.2) is 23.0 Å². The highest BCUT2D eigenvalue weighted by Gasteiger charge is 2.25. The molecule has 0 atom stereocenters. The molecule has 6 nitrogen and oxygen atoms in total. The van der Waals surface area contributed by atoms with Crippen LogP contribution in [-0.2, 0) is 19.4 Å². The standard InChI is InChI=1S/C24H28N4O2S/c1-15-7-8-16(2)18(13-15)24(30)28-11-9-27(10-12-28)14-20-25-22(29)21-17-5-3-4-6-19(17)31-23(21)26-20/h7-8,13H,3-6,9-12,14H2,1-2H3,(H,25,26,29). The molecule has 0 radical (unpaired) electrons. The van der Waals surface area contributed by atoms with Crippen LogP contribution >= 0.6 is 11.3 Å². The molecule has 1 aliphatic heterocycles. The zero-order valence-electron chi connectivity index (χ0n) is 18.2. The Bertz CT molecular complexity index is 1200. The number of aryl methyl sites for hydroxylation is 4. The smallest absolute Gasteiger partial charge is 0.259 e. The van der Waals surface area contributed by atoms with Gasteiger partial charge in [0, 0.05) is 36.6 Å². The van der Waals surface area contributed by atoms with E-state index in [1.807, 2.05) is 36.9 Å². The second-order valence-corrected chi connectivity index (χ2v) is 9.87. The van der Waals surface area contributed by atoms with Crippen molar-refractivity contribution >= 4 is 27.5 Å². The average Bonchev–Trinajstić information content (AvgIpc) is 3.14. The zero-order valence-corrected chi connectivity index (χ0v) is 19.0. The minimum absolute atomic E-state index is 0.00290. The molecule has 1 amide bonds. The molecule has 3 heterocycles. The van der Waals surface area contributed by atoms with Crippen LogP contribution in [0.5, 0.6) is 0 Å². The number of aromatic amines is 1. The van der Waals surface area contributed by atoms with Gasteiger partial charge in [0.25, 0.3) is 11.5 Å². The number of thiophene rings is 1. The zero-order chi connectivity index (χ0) is 21.5. The lowest BCUT2D eigenvalue weighted by Crippen LogP contribution is -2.48. The minimum atomic E-state index is 0.00290. The first kappa shape index (κ1) is 20.4. The van der Waals surface area contributed by atoms with Gasteiger partial charge in [0.1, 0.15) is 10.7 Å². The van der Waals surface area contributed by atoms with Crippen LogP contribution < -0.4 is 5.56 Å². The minimum Gasteiger partial charge on any atom is -0.336 e. The number of H-pyrrole nitrogens is 1. The molecule has 0 unspecified atom stereocenters. The summed E-state index contributed by atoms with van der Waals surface area (Å²) in [4.78, 5) is 40.0. The van der Waals surface area contributed by atoms with Crippen LogP contribution in [0, 0.1) is 13.8 Å². The Morgan fingerprint density at radius 1 is 1.13 bits per heavy atom. The summed E-state index contributed by atoms with van der Waals surface area (Å²) in [7, 11) is 0. The van der Waals surface area contributed by atoms with Crippen LogP contribution in [0.3, 0.4) is 0 Å². The summed E-state index contributed by atoms with van der Waals surface area (Å²) in [5.74, 6) is 0.836. The normalized spacial score (nSPS) is 17.2. The number of fused-ring (bicyclic) bond motifs is 3. The first-order valence-corrected chi connectivity index (χ1v) is 11.9. The molecule has 0 spiro atoms. The van der Waals surface area contributed by atoms with Gasteiger partial charge in [0.05, 0.1) is 11.9 Å². The highest BCUT2D eigenvalue weighted by molar-refractivity contribution is 7.18. The van der Waals surface area contributed by atoms with E-state index in [4.69, 9.17) is 4.98 Å². The molecule has 1 aliphatic carbocycles. The van der Waals surface area contributed by atoms with E-state index in [1.54, 1.807) is 11.3 Å². The molecule has 0 bridgehead atoms. The van der Waals surface area contributed by atoms with E-state index in [1.165, 1.54) is 16.9 Å². The number of carbonyl (C=O) groups is 1. The lowest BCUT2D eigenvalue weighted by atomic mass is 9.97. The highest BCUT2D eigenvalue weighted by Crippen LogP contribution is 2.33. The van der Waals surface area contributed by atoms with Crippen LogP contribution in [0.2, 0.25) is 0 Å². The Labute approximate surface area is 185 Å². The number of rotatable bonds is 3. The first-order chi connectivity index (χ1) is 15.0. The van der Waals surface area contributed by atoms with E-state index in [9.17, 15) is 9.59 Å².